The van der Waals surface area contributed by atoms with Gasteiger partial charge in [-0.25, -0.2) is 9.67 Å². The number of nitrogens with zero attached hydrogens (tertiary/aromatic N) is 3. The molecule has 0 bridgehead atoms. The molecule has 0 N–H and O–H groups in total. The van der Waals surface area contributed by atoms with Gasteiger partial charge in [0.2, 0.25) is 5.16 Å². The van der Waals surface area contributed by atoms with Gasteiger partial charge in [-0.2, -0.15) is 0 Å². The molecule has 1 aromatic heterocycles. The average Bonchev–Trinajstić information content (AvgIpc) is 2.74. The zero-order valence-electron chi connectivity index (χ0n) is 9.34. The highest BCUT2D eigenvalue weighted by atomic mass is 32.2. The lowest BCUT2D eigenvalue weighted by Gasteiger charge is -2.03. The zero-order chi connectivity index (χ0) is 11.5. The number of hydrogen-bond donors (Lipinski definition) is 0. The predicted molar refractivity (Wildman–Crippen MR) is 68.2 cm³/mol. The summed E-state index contributed by atoms with van der Waals surface area (Å²) in [6.45, 7) is 5.83. The molecule has 0 amide bonds. The third-order valence-electron chi connectivity index (χ3n) is 2.16. The van der Waals surface area contributed by atoms with E-state index in [1.807, 2.05) is 43.5 Å². The summed E-state index contributed by atoms with van der Waals surface area (Å²) in [7, 11) is 0. The van der Waals surface area contributed by atoms with Gasteiger partial charge in [-0.1, -0.05) is 48.7 Å². The minimum Gasteiger partial charge on any atom is -0.217 e. The fraction of sp³-hybridized carbons (Fsp3) is 0.167. The van der Waals surface area contributed by atoms with E-state index in [2.05, 4.69) is 16.7 Å². The van der Waals surface area contributed by atoms with Crippen molar-refractivity contribution < 1.29 is 0 Å². The second kappa shape index (κ2) is 4.53. The van der Waals surface area contributed by atoms with Crippen LogP contribution in [0.1, 0.15) is 6.92 Å². The Kier molecular flexibility index (Phi) is 3.10. The van der Waals surface area contributed by atoms with Crippen molar-refractivity contribution in [2.75, 3.05) is 6.26 Å². The van der Waals surface area contributed by atoms with Crippen LogP contribution >= 0.6 is 11.8 Å². The van der Waals surface area contributed by atoms with Crippen LogP contribution in [0, 0.1) is 0 Å². The Hall–Kier alpha value is -1.55. The highest BCUT2D eigenvalue weighted by Gasteiger charge is 2.11. The van der Waals surface area contributed by atoms with Crippen molar-refractivity contribution in [1.29, 1.82) is 0 Å². The first-order valence-corrected chi connectivity index (χ1v) is 6.17. The first kappa shape index (κ1) is 11.0. The summed E-state index contributed by atoms with van der Waals surface area (Å²) >= 11 is 1.53. The Balaban J connectivity index is 2.55. The first-order valence-electron chi connectivity index (χ1n) is 4.94. The molecule has 16 heavy (non-hydrogen) atoms. The summed E-state index contributed by atoms with van der Waals surface area (Å²) in [5.41, 5.74) is 1.92. The third-order valence-corrected chi connectivity index (χ3v) is 2.70. The summed E-state index contributed by atoms with van der Waals surface area (Å²) in [6.07, 6.45) is 1.97. The summed E-state index contributed by atoms with van der Waals surface area (Å²) in [5.74, 6) is 0.845. The molecule has 4 heteroatoms. The van der Waals surface area contributed by atoms with E-state index in [9.17, 15) is 0 Å². The van der Waals surface area contributed by atoms with Gasteiger partial charge in [-0.05, 0) is 13.2 Å². The smallest absolute Gasteiger partial charge is 0.209 e. The van der Waals surface area contributed by atoms with Gasteiger partial charge in [0, 0.05) is 11.3 Å². The van der Waals surface area contributed by atoms with Gasteiger partial charge in [0.1, 0.15) is 0 Å². The molecule has 2 rings (SSSR count). The molecule has 0 aliphatic rings. The van der Waals surface area contributed by atoms with E-state index in [4.69, 9.17) is 0 Å². The molecule has 2 aromatic rings. The molecule has 0 saturated carbocycles. The van der Waals surface area contributed by atoms with Crippen LogP contribution in [0.3, 0.4) is 0 Å². The molecule has 0 fully saturated rings. The van der Waals surface area contributed by atoms with Crippen molar-refractivity contribution in [3.05, 3.63) is 36.9 Å². The van der Waals surface area contributed by atoms with Gasteiger partial charge in [0.15, 0.2) is 5.82 Å². The first-order chi connectivity index (χ1) is 7.72. The molecule has 3 nitrogen and oxygen atoms in total. The molecular weight excluding hydrogens is 218 g/mol. The molecule has 0 radical (unpaired) electrons. The van der Waals surface area contributed by atoms with Crippen LogP contribution in [0.2, 0.25) is 0 Å². The number of allylic oxidation sites excluding steroid dienone is 1. The molecule has 0 spiro atoms. The van der Waals surface area contributed by atoms with E-state index in [1.165, 1.54) is 11.8 Å². The van der Waals surface area contributed by atoms with E-state index < -0.39 is 0 Å². The molecule has 0 atom stereocenters. The Bertz CT molecular complexity index is 502. The van der Waals surface area contributed by atoms with Crippen LogP contribution in [-0.2, 0) is 0 Å². The summed E-state index contributed by atoms with van der Waals surface area (Å²) < 4.78 is 1.78. The van der Waals surface area contributed by atoms with Crippen molar-refractivity contribution in [3.63, 3.8) is 0 Å². The predicted octanol–water partition coefficient (Wildman–Crippen LogP) is 3.16. The monoisotopic (exact) mass is 231 g/mol. The van der Waals surface area contributed by atoms with Gasteiger partial charge in [0.25, 0.3) is 0 Å². The van der Waals surface area contributed by atoms with E-state index in [1.54, 1.807) is 4.68 Å². The molecule has 82 valence electrons. The van der Waals surface area contributed by atoms with Crippen LogP contribution in [0.25, 0.3) is 17.1 Å². The lowest BCUT2D eigenvalue weighted by molar-refractivity contribution is 0.854. The lowest BCUT2D eigenvalue weighted by Crippen LogP contribution is -1.97. The number of hydrogen-bond acceptors (Lipinski definition) is 3. The van der Waals surface area contributed by atoms with E-state index in [0.717, 1.165) is 22.2 Å². The quantitative estimate of drug-likeness (QED) is 0.760. The maximum Gasteiger partial charge on any atom is 0.209 e. The SMILES string of the molecule is C=C(C)n1nc(SC)nc1-c1ccccc1. The maximum atomic E-state index is 4.47. The number of aromatic nitrogens is 3. The Morgan fingerprint density at radius 3 is 2.56 bits per heavy atom. The largest absolute Gasteiger partial charge is 0.217 e. The van der Waals surface area contributed by atoms with Crippen LogP contribution < -0.4 is 0 Å². The molecule has 0 aliphatic carbocycles. The minimum atomic E-state index is 0.766. The van der Waals surface area contributed by atoms with Crippen molar-refractivity contribution in [3.8, 4) is 11.4 Å². The van der Waals surface area contributed by atoms with Gasteiger partial charge in [-0.3, -0.25) is 0 Å². The highest BCUT2D eigenvalue weighted by Crippen LogP contribution is 2.22. The number of thioether (sulfide) groups is 1. The van der Waals surface area contributed by atoms with Crippen molar-refractivity contribution in [2.45, 2.75) is 12.1 Å². The fourth-order valence-electron chi connectivity index (χ4n) is 1.42. The summed E-state index contributed by atoms with van der Waals surface area (Å²) in [6, 6.07) is 10.0. The minimum absolute atomic E-state index is 0.766. The lowest BCUT2D eigenvalue weighted by atomic mass is 10.2. The molecule has 0 saturated heterocycles. The van der Waals surface area contributed by atoms with Gasteiger partial charge in [-0.15, -0.1) is 5.10 Å². The van der Waals surface area contributed by atoms with Crippen LogP contribution in [0.5, 0.6) is 0 Å². The number of benzene rings is 1. The topological polar surface area (TPSA) is 30.7 Å². The van der Waals surface area contributed by atoms with Crippen LogP contribution in [-0.4, -0.2) is 21.0 Å². The maximum absolute atomic E-state index is 4.47. The Labute approximate surface area is 99.2 Å². The molecule has 1 heterocycles. The second-order valence-electron chi connectivity index (χ2n) is 3.44. The zero-order valence-corrected chi connectivity index (χ0v) is 10.2. The van der Waals surface area contributed by atoms with Gasteiger partial charge in [0.05, 0.1) is 0 Å². The Morgan fingerprint density at radius 1 is 1.31 bits per heavy atom. The van der Waals surface area contributed by atoms with E-state index >= 15 is 0 Å². The standard InChI is InChI=1S/C12H13N3S/c1-9(2)15-11(13-12(14-15)16-3)10-7-5-4-6-8-10/h4-8H,1H2,2-3H3. The number of rotatable bonds is 3. The van der Waals surface area contributed by atoms with Crippen molar-refractivity contribution in [2.24, 2.45) is 0 Å². The van der Waals surface area contributed by atoms with Crippen molar-refractivity contribution in [1.82, 2.24) is 14.8 Å². The summed E-state index contributed by atoms with van der Waals surface area (Å²) in [4.78, 5) is 4.47. The molecule has 1 aromatic carbocycles. The fourth-order valence-corrected chi connectivity index (χ4v) is 1.76. The normalized spacial score (nSPS) is 10.4. The third kappa shape index (κ3) is 2.02. The van der Waals surface area contributed by atoms with Crippen LogP contribution in [0.15, 0.2) is 42.1 Å². The highest BCUT2D eigenvalue weighted by molar-refractivity contribution is 7.98. The summed E-state index contributed by atoms with van der Waals surface area (Å²) in [5, 5.41) is 5.14. The van der Waals surface area contributed by atoms with Gasteiger partial charge >= 0.3 is 0 Å². The molecule has 0 unspecified atom stereocenters. The van der Waals surface area contributed by atoms with Crippen molar-refractivity contribution >= 4 is 17.5 Å². The Morgan fingerprint density at radius 2 is 2.00 bits per heavy atom. The molecular formula is C12H13N3S. The van der Waals surface area contributed by atoms with Gasteiger partial charge < -0.3 is 0 Å². The second-order valence-corrected chi connectivity index (χ2v) is 4.21. The average molecular weight is 231 g/mol. The molecule has 0 aliphatic heterocycles. The van der Waals surface area contributed by atoms with E-state index in [-0.39, 0.29) is 0 Å². The van der Waals surface area contributed by atoms with E-state index in [0.29, 0.717) is 0 Å². The van der Waals surface area contributed by atoms with Crippen LogP contribution in [0.4, 0.5) is 0 Å².